The van der Waals surface area contributed by atoms with Gasteiger partial charge in [-0.3, -0.25) is 14.5 Å². The molecule has 2 atom stereocenters. The number of ketones is 1. The summed E-state index contributed by atoms with van der Waals surface area (Å²) in [5.41, 5.74) is 1.90. The Morgan fingerprint density at radius 1 is 1.16 bits per heavy atom. The van der Waals surface area contributed by atoms with Gasteiger partial charge in [-0.2, -0.15) is 0 Å². The third-order valence-corrected chi connectivity index (χ3v) is 7.66. The molecule has 0 aromatic heterocycles. The molecular weight excluding hydrogens is 544 g/mol. The number of morpholine rings is 1. The van der Waals surface area contributed by atoms with Gasteiger partial charge < -0.3 is 29.3 Å². The SMILES string of the molecule is COc1cc([C@@H]2C(=C(O)c3ccc4c(c3)C[C@@H](C)O4)C(=O)C(=O)N2CCN2CCOCC2)cc(Br)c1O. The van der Waals surface area contributed by atoms with Crippen LogP contribution in [0.3, 0.4) is 0 Å². The Morgan fingerprint density at radius 3 is 2.65 bits per heavy atom. The normalized spacial score (nSPS) is 23.3. The fourth-order valence-corrected chi connectivity index (χ4v) is 5.62. The van der Waals surface area contributed by atoms with Crippen LogP contribution in [0.5, 0.6) is 17.2 Å². The van der Waals surface area contributed by atoms with Crippen LogP contribution in [0.25, 0.3) is 5.76 Å². The average Bonchev–Trinajstić information content (AvgIpc) is 3.39. The number of aliphatic hydroxyl groups excluding tert-OH is 1. The lowest BCUT2D eigenvalue weighted by atomic mass is 9.94. The summed E-state index contributed by atoms with van der Waals surface area (Å²) in [6.07, 6.45) is 0.718. The van der Waals surface area contributed by atoms with E-state index in [1.165, 1.54) is 12.0 Å². The molecule has 2 N–H and O–H groups in total. The van der Waals surface area contributed by atoms with E-state index < -0.39 is 17.7 Å². The highest BCUT2D eigenvalue weighted by atomic mass is 79.9. The van der Waals surface area contributed by atoms with Crippen LogP contribution in [-0.4, -0.2) is 84.3 Å². The lowest BCUT2D eigenvalue weighted by Gasteiger charge is -2.31. The van der Waals surface area contributed by atoms with E-state index in [0.29, 0.717) is 41.8 Å². The molecular formula is C27H29BrN2O7. The number of benzene rings is 2. The number of phenolic OH excluding ortho intramolecular Hbond substituents is 1. The Bertz CT molecular complexity index is 1270. The Balaban J connectivity index is 1.59. The van der Waals surface area contributed by atoms with Gasteiger partial charge in [-0.1, -0.05) is 0 Å². The summed E-state index contributed by atoms with van der Waals surface area (Å²) < 4.78 is 16.9. The maximum atomic E-state index is 13.4. The molecule has 3 aliphatic rings. The maximum absolute atomic E-state index is 13.4. The first-order valence-electron chi connectivity index (χ1n) is 12.2. The predicted octanol–water partition coefficient (Wildman–Crippen LogP) is 3.24. The number of hydrogen-bond donors (Lipinski definition) is 2. The van der Waals surface area contributed by atoms with Crippen LogP contribution in [0, 0.1) is 0 Å². The third kappa shape index (κ3) is 4.81. The lowest BCUT2D eigenvalue weighted by Crippen LogP contribution is -2.42. The van der Waals surface area contributed by atoms with Crippen molar-refractivity contribution in [3.8, 4) is 17.2 Å². The number of ether oxygens (including phenoxy) is 3. The Hall–Kier alpha value is -3.08. The first-order valence-corrected chi connectivity index (χ1v) is 13.0. The molecule has 2 saturated heterocycles. The van der Waals surface area contributed by atoms with Gasteiger partial charge in [-0.25, -0.2) is 0 Å². The van der Waals surface area contributed by atoms with Crippen molar-refractivity contribution < 1.29 is 34.0 Å². The van der Waals surface area contributed by atoms with Crippen LogP contribution < -0.4 is 9.47 Å². The van der Waals surface area contributed by atoms with Crippen LogP contribution >= 0.6 is 15.9 Å². The number of Topliss-reactive ketones (excluding diaryl/α,β-unsaturated/α-hetero) is 1. The molecule has 2 aromatic carbocycles. The number of aromatic hydroxyl groups is 1. The summed E-state index contributed by atoms with van der Waals surface area (Å²) in [5, 5.41) is 21.8. The monoisotopic (exact) mass is 572 g/mol. The molecule has 0 aliphatic carbocycles. The maximum Gasteiger partial charge on any atom is 0.295 e. The lowest BCUT2D eigenvalue weighted by molar-refractivity contribution is -0.140. The molecule has 9 nitrogen and oxygen atoms in total. The number of aliphatic hydroxyl groups is 1. The van der Waals surface area contributed by atoms with Gasteiger partial charge in [0.15, 0.2) is 11.5 Å². The Labute approximate surface area is 223 Å². The van der Waals surface area contributed by atoms with E-state index in [0.717, 1.165) is 24.4 Å². The summed E-state index contributed by atoms with van der Waals surface area (Å²) in [7, 11) is 1.42. The first-order chi connectivity index (χ1) is 17.8. The molecule has 5 rings (SSSR count). The third-order valence-electron chi connectivity index (χ3n) is 7.06. The van der Waals surface area contributed by atoms with Crippen LogP contribution in [0.4, 0.5) is 0 Å². The number of halogens is 1. The zero-order valence-electron chi connectivity index (χ0n) is 20.7. The molecule has 2 aromatic rings. The summed E-state index contributed by atoms with van der Waals surface area (Å²) >= 11 is 3.34. The summed E-state index contributed by atoms with van der Waals surface area (Å²) in [5.74, 6) is -0.837. The van der Waals surface area contributed by atoms with Crippen LogP contribution in [0.15, 0.2) is 40.4 Å². The van der Waals surface area contributed by atoms with E-state index >= 15 is 0 Å². The predicted molar refractivity (Wildman–Crippen MR) is 139 cm³/mol. The van der Waals surface area contributed by atoms with Gasteiger partial charge in [0.05, 0.1) is 36.4 Å². The van der Waals surface area contributed by atoms with E-state index in [4.69, 9.17) is 14.2 Å². The quantitative estimate of drug-likeness (QED) is 0.308. The molecule has 3 aliphatic heterocycles. The molecule has 0 radical (unpaired) electrons. The van der Waals surface area contributed by atoms with Gasteiger partial charge in [-0.05, 0) is 64.3 Å². The smallest absolute Gasteiger partial charge is 0.295 e. The van der Waals surface area contributed by atoms with Crippen LogP contribution in [0.1, 0.15) is 29.7 Å². The zero-order chi connectivity index (χ0) is 26.3. The molecule has 3 heterocycles. The fourth-order valence-electron chi connectivity index (χ4n) is 5.16. The van der Waals surface area contributed by atoms with Crippen molar-refractivity contribution in [2.45, 2.75) is 25.5 Å². The van der Waals surface area contributed by atoms with Crippen molar-refractivity contribution in [3.63, 3.8) is 0 Å². The molecule has 37 heavy (non-hydrogen) atoms. The van der Waals surface area contributed by atoms with Gasteiger partial charge >= 0.3 is 0 Å². The second-order valence-corrected chi connectivity index (χ2v) is 10.3. The molecule has 10 heteroatoms. The number of carbonyl (C=O) groups is 2. The minimum absolute atomic E-state index is 0.00136. The number of amides is 1. The molecule has 2 fully saturated rings. The van der Waals surface area contributed by atoms with Crippen molar-refractivity contribution in [2.24, 2.45) is 0 Å². The average molecular weight is 573 g/mol. The molecule has 196 valence electrons. The Kier molecular flexibility index (Phi) is 7.15. The van der Waals surface area contributed by atoms with Gasteiger partial charge in [0.1, 0.15) is 17.6 Å². The van der Waals surface area contributed by atoms with Crippen molar-refractivity contribution in [1.82, 2.24) is 9.80 Å². The summed E-state index contributed by atoms with van der Waals surface area (Å²) in [6.45, 7) is 5.51. The molecule has 0 spiro atoms. The number of likely N-dealkylation sites (tertiary alicyclic amines) is 1. The van der Waals surface area contributed by atoms with Crippen molar-refractivity contribution in [2.75, 3.05) is 46.5 Å². The zero-order valence-corrected chi connectivity index (χ0v) is 22.3. The molecule has 1 amide bonds. The number of hydrogen-bond acceptors (Lipinski definition) is 8. The van der Waals surface area contributed by atoms with Crippen LogP contribution in [0.2, 0.25) is 0 Å². The van der Waals surface area contributed by atoms with Gasteiger partial charge in [0, 0.05) is 38.2 Å². The number of methoxy groups -OCH3 is 1. The standard InChI is InChI=1S/C27H29BrN2O7/c1-15-11-17-12-16(3-4-20(17)37-15)24(31)22-23(18-13-19(28)25(32)21(14-18)35-2)30(27(34)26(22)33)6-5-29-7-9-36-10-8-29/h3-4,12-15,23,31-32H,5-11H2,1-2H3/t15-,23-/m1/s1. The topological polar surface area (TPSA) is 109 Å². The highest BCUT2D eigenvalue weighted by Crippen LogP contribution is 2.44. The highest BCUT2D eigenvalue weighted by Gasteiger charge is 2.46. The highest BCUT2D eigenvalue weighted by molar-refractivity contribution is 9.10. The number of fused-ring (bicyclic) bond motifs is 1. The van der Waals surface area contributed by atoms with Gasteiger partial charge in [-0.15, -0.1) is 0 Å². The van der Waals surface area contributed by atoms with Crippen molar-refractivity contribution in [1.29, 1.82) is 0 Å². The number of carbonyl (C=O) groups excluding carboxylic acids is 2. The van der Waals surface area contributed by atoms with E-state index in [9.17, 15) is 19.8 Å². The van der Waals surface area contributed by atoms with Crippen molar-refractivity contribution in [3.05, 3.63) is 57.1 Å². The largest absolute Gasteiger partial charge is 0.507 e. The number of nitrogens with zero attached hydrogens (tertiary/aromatic N) is 2. The van der Waals surface area contributed by atoms with E-state index in [2.05, 4.69) is 20.8 Å². The van der Waals surface area contributed by atoms with Gasteiger partial charge in [0.25, 0.3) is 11.7 Å². The van der Waals surface area contributed by atoms with E-state index in [1.54, 1.807) is 30.3 Å². The van der Waals surface area contributed by atoms with Gasteiger partial charge in [0.2, 0.25) is 0 Å². The molecule has 0 unspecified atom stereocenters. The van der Waals surface area contributed by atoms with Crippen molar-refractivity contribution >= 4 is 33.4 Å². The summed E-state index contributed by atoms with van der Waals surface area (Å²) in [6, 6.07) is 7.64. The van der Waals surface area contributed by atoms with Crippen LogP contribution in [-0.2, 0) is 20.7 Å². The Morgan fingerprint density at radius 2 is 1.92 bits per heavy atom. The minimum atomic E-state index is -0.865. The number of rotatable bonds is 6. The molecule has 0 saturated carbocycles. The van der Waals surface area contributed by atoms with E-state index in [-0.39, 0.29) is 35.5 Å². The second kappa shape index (κ2) is 10.4. The minimum Gasteiger partial charge on any atom is -0.507 e. The fraction of sp³-hybridized carbons (Fsp3) is 0.407. The number of phenols is 1. The molecule has 0 bridgehead atoms. The summed E-state index contributed by atoms with van der Waals surface area (Å²) in [4.78, 5) is 30.4. The van der Waals surface area contributed by atoms with E-state index in [1.807, 2.05) is 6.92 Å². The second-order valence-electron chi connectivity index (χ2n) is 9.46. The first kappa shape index (κ1) is 25.6.